The Kier molecular flexibility index (Phi) is 2.49. The van der Waals surface area contributed by atoms with Gasteiger partial charge >= 0.3 is 0 Å². The average Bonchev–Trinajstić information content (AvgIpc) is 3.05. The van der Waals surface area contributed by atoms with E-state index in [4.69, 9.17) is 0 Å². The first-order valence-electron chi connectivity index (χ1n) is 6.60. The van der Waals surface area contributed by atoms with E-state index in [2.05, 4.69) is 0 Å². The van der Waals surface area contributed by atoms with Crippen LogP contribution >= 0.6 is 0 Å². The number of hydrogen-bond acceptors (Lipinski definition) is 2. The summed E-state index contributed by atoms with van der Waals surface area (Å²) >= 11 is 0. The molecule has 0 aromatic heterocycles. The fraction of sp³-hybridized carbons (Fsp3) is 0.533. The third-order valence-electron chi connectivity index (χ3n) is 3.98. The van der Waals surface area contributed by atoms with Gasteiger partial charge in [0.2, 0.25) is 0 Å². The van der Waals surface area contributed by atoms with E-state index in [-0.39, 0.29) is 11.9 Å². The summed E-state index contributed by atoms with van der Waals surface area (Å²) < 4.78 is 0. The number of carbonyl (C=O) groups is 1. The van der Waals surface area contributed by atoms with E-state index in [1.807, 2.05) is 43.0 Å². The van der Waals surface area contributed by atoms with Crippen LogP contribution in [0.4, 0.5) is 0 Å². The highest BCUT2D eigenvalue weighted by Gasteiger charge is 2.47. The quantitative estimate of drug-likeness (QED) is 0.886. The van der Waals surface area contributed by atoms with Crippen molar-refractivity contribution in [1.82, 2.24) is 4.90 Å². The molecule has 1 fully saturated rings. The van der Waals surface area contributed by atoms with Gasteiger partial charge in [0.1, 0.15) is 0 Å². The lowest BCUT2D eigenvalue weighted by Crippen LogP contribution is -2.51. The van der Waals surface area contributed by atoms with Gasteiger partial charge in [-0.2, -0.15) is 0 Å². The molecule has 1 saturated carbocycles. The second-order valence-corrected chi connectivity index (χ2v) is 6.03. The number of fused-ring (bicyclic) bond motifs is 1. The van der Waals surface area contributed by atoms with Crippen molar-refractivity contribution in [2.24, 2.45) is 5.92 Å². The molecule has 3 heteroatoms. The number of benzene rings is 1. The van der Waals surface area contributed by atoms with Gasteiger partial charge in [0, 0.05) is 12.1 Å². The molecule has 0 radical (unpaired) electrons. The van der Waals surface area contributed by atoms with Crippen molar-refractivity contribution in [3.8, 4) is 0 Å². The molecular formula is C15H19NO2. The Labute approximate surface area is 107 Å². The molecular weight excluding hydrogens is 226 g/mol. The minimum Gasteiger partial charge on any atom is -0.388 e. The molecule has 0 spiro atoms. The lowest BCUT2D eigenvalue weighted by atomic mass is 9.93. The fourth-order valence-corrected chi connectivity index (χ4v) is 3.13. The SMILES string of the molecule is CC(C)(O)C(C1CC1)N1Cc2ccccc2C1=O. The highest BCUT2D eigenvalue weighted by molar-refractivity contribution is 5.98. The second-order valence-electron chi connectivity index (χ2n) is 6.03. The zero-order valence-corrected chi connectivity index (χ0v) is 10.9. The number of carbonyl (C=O) groups excluding carboxylic acids is 1. The molecule has 1 atom stereocenters. The number of hydrogen-bond donors (Lipinski definition) is 1. The molecule has 3 nitrogen and oxygen atoms in total. The van der Waals surface area contributed by atoms with Crippen LogP contribution in [0.3, 0.4) is 0 Å². The zero-order valence-electron chi connectivity index (χ0n) is 10.9. The summed E-state index contributed by atoms with van der Waals surface area (Å²) in [6.07, 6.45) is 2.24. The third kappa shape index (κ3) is 1.83. The standard InChI is InChI=1S/C15H19NO2/c1-15(2,18)13(10-7-8-10)16-9-11-5-3-4-6-12(11)14(16)17/h3-6,10,13,18H,7-9H2,1-2H3. The topological polar surface area (TPSA) is 40.5 Å². The van der Waals surface area contributed by atoms with Crippen LogP contribution in [0, 0.1) is 5.92 Å². The molecule has 96 valence electrons. The normalized spacial score (nSPS) is 21.1. The Balaban J connectivity index is 1.93. The van der Waals surface area contributed by atoms with Gasteiger partial charge in [0.25, 0.3) is 5.91 Å². The van der Waals surface area contributed by atoms with Crippen LogP contribution < -0.4 is 0 Å². The Morgan fingerprint density at radius 1 is 1.33 bits per heavy atom. The molecule has 1 aromatic carbocycles. The zero-order chi connectivity index (χ0) is 12.9. The third-order valence-corrected chi connectivity index (χ3v) is 3.98. The van der Waals surface area contributed by atoms with E-state index in [1.165, 1.54) is 0 Å². The Morgan fingerprint density at radius 2 is 2.00 bits per heavy atom. The van der Waals surface area contributed by atoms with E-state index in [1.54, 1.807) is 0 Å². The fourth-order valence-electron chi connectivity index (χ4n) is 3.13. The highest BCUT2D eigenvalue weighted by atomic mass is 16.3. The van der Waals surface area contributed by atoms with Crippen molar-refractivity contribution in [1.29, 1.82) is 0 Å². The molecule has 0 saturated heterocycles. The van der Waals surface area contributed by atoms with E-state index in [0.717, 1.165) is 24.0 Å². The monoisotopic (exact) mass is 245 g/mol. The van der Waals surface area contributed by atoms with Gasteiger partial charge in [0.15, 0.2) is 0 Å². The van der Waals surface area contributed by atoms with Crippen LogP contribution in [0.5, 0.6) is 0 Å². The van der Waals surface area contributed by atoms with Gasteiger partial charge in [-0.1, -0.05) is 18.2 Å². The summed E-state index contributed by atoms with van der Waals surface area (Å²) in [4.78, 5) is 14.3. The van der Waals surface area contributed by atoms with Crippen molar-refractivity contribution in [2.75, 3.05) is 0 Å². The van der Waals surface area contributed by atoms with Crippen LogP contribution in [0.15, 0.2) is 24.3 Å². The summed E-state index contributed by atoms with van der Waals surface area (Å²) in [5.74, 6) is 0.535. The Hall–Kier alpha value is -1.35. The Morgan fingerprint density at radius 3 is 2.56 bits per heavy atom. The summed E-state index contributed by atoms with van der Waals surface area (Å²) in [6.45, 7) is 4.26. The van der Waals surface area contributed by atoms with Crippen LogP contribution in [0.25, 0.3) is 0 Å². The van der Waals surface area contributed by atoms with E-state index >= 15 is 0 Å². The number of aliphatic hydroxyl groups is 1. The van der Waals surface area contributed by atoms with Gasteiger partial charge < -0.3 is 10.0 Å². The van der Waals surface area contributed by atoms with Crippen molar-refractivity contribution in [2.45, 2.75) is 44.9 Å². The maximum atomic E-state index is 12.4. The lowest BCUT2D eigenvalue weighted by Gasteiger charge is -2.37. The molecule has 18 heavy (non-hydrogen) atoms. The summed E-state index contributed by atoms with van der Waals surface area (Å²) in [6, 6.07) is 7.69. The summed E-state index contributed by atoms with van der Waals surface area (Å²) in [5.41, 5.74) is 1.04. The molecule has 1 aliphatic heterocycles. The van der Waals surface area contributed by atoms with Crippen LogP contribution in [-0.4, -0.2) is 27.6 Å². The maximum Gasteiger partial charge on any atom is 0.254 e. The van der Waals surface area contributed by atoms with Crippen LogP contribution in [0.1, 0.15) is 42.6 Å². The van der Waals surface area contributed by atoms with Gasteiger partial charge in [-0.3, -0.25) is 4.79 Å². The van der Waals surface area contributed by atoms with E-state index in [0.29, 0.717) is 12.5 Å². The van der Waals surface area contributed by atoms with Crippen molar-refractivity contribution < 1.29 is 9.90 Å². The summed E-state index contributed by atoms with van der Waals surface area (Å²) in [5, 5.41) is 10.4. The van der Waals surface area contributed by atoms with Crippen molar-refractivity contribution in [3.05, 3.63) is 35.4 Å². The molecule has 1 unspecified atom stereocenters. The van der Waals surface area contributed by atoms with E-state index < -0.39 is 5.60 Å². The summed E-state index contributed by atoms with van der Waals surface area (Å²) in [7, 11) is 0. The molecule has 1 heterocycles. The second kappa shape index (κ2) is 3.82. The first kappa shape index (κ1) is 11.7. The first-order chi connectivity index (χ1) is 8.48. The molecule has 1 aromatic rings. The number of nitrogens with zero attached hydrogens (tertiary/aromatic N) is 1. The minimum absolute atomic E-state index is 0.0580. The van der Waals surface area contributed by atoms with Gasteiger partial charge in [0.05, 0.1) is 11.6 Å². The number of rotatable bonds is 3. The minimum atomic E-state index is -0.834. The largest absolute Gasteiger partial charge is 0.388 e. The average molecular weight is 245 g/mol. The lowest BCUT2D eigenvalue weighted by molar-refractivity contribution is -0.0224. The number of amides is 1. The molecule has 1 amide bonds. The van der Waals surface area contributed by atoms with Gasteiger partial charge in [-0.25, -0.2) is 0 Å². The first-order valence-corrected chi connectivity index (χ1v) is 6.60. The van der Waals surface area contributed by atoms with Crippen LogP contribution in [-0.2, 0) is 6.54 Å². The molecule has 1 aliphatic carbocycles. The van der Waals surface area contributed by atoms with Crippen molar-refractivity contribution in [3.63, 3.8) is 0 Å². The van der Waals surface area contributed by atoms with Gasteiger partial charge in [-0.05, 0) is 44.2 Å². The smallest absolute Gasteiger partial charge is 0.254 e. The maximum absolute atomic E-state index is 12.4. The molecule has 0 bridgehead atoms. The van der Waals surface area contributed by atoms with Gasteiger partial charge in [-0.15, -0.1) is 0 Å². The van der Waals surface area contributed by atoms with Crippen LogP contribution in [0.2, 0.25) is 0 Å². The predicted octanol–water partition coefficient (Wildman–Crippen LogP) is 2.19. The van der Waals surface area contributed by atoms with Crippen molar-refractivity contribution >= 4 is 5.91 Å². The Bertz CT molecular complexity index is 486. The van der Waals surface area contributed by atoms with E-state index in [9.17, 15) is 9.90 Å². The predicted molar refractivity (Wildman–Crippen MR) is 69.1 cm³/mol. The molecule has 3 rings (SSSR count). The highest BCUT2D eigenvalue weighted by Crippen LogP contribution is 2.42. The molecule has 2 aliphatic rings. The molecule has 1 N–H and O–H groups in total.